The van der Waals surface area contributed by atoms with Gasteiger partial charge in [0.25, 0.3) is 10.0 Å². The van der Waals surface area contributed by atoms with Crippen molar-refractivity contribution < 1.29 is 36.3 Å². The van der Waals surface area contributed by atoms with Gasteiger partial charge in [-0.3, -0.25) is 13.9 Å². The van der Waals surface area contributed by atoms with Crippen molar-refractivity contribution >= 4 is 27.5 Å². The number of fused-ring (bicyclic) bond motifs is 1. The second kappa shape index (κ2) is 13.0. The molecule has 0 unspecified atom stereocenters. The molecule has 5 rings (SSSR count). The molecular weight excluding hydrogens is 580 g/mol. The van der Waals surface area contributed by atoms with Gasteiger partial charge in [0.15, 0.2) is 11.5 Å². The summed E-state index contributed by atoms with van der Waals surface area (Å²) in [5.74, 6) is -1.71. The maximum atomic E-state index is 14.7. The Bertz CT molecular complexity index is 1580. The molecule has 9 nitrogen and oxygen atoms in total. The number of nitrogens with zero attached hydrogens (tertiary/aromatic N) is 2. The van der Waals surface area contributed by atoms with E-state index in [0.717, 1.165) is 42.1 Å². The topological polar surface area (TPSA) is 105 Å². The molecule has 228 valence electrons. The van der Waals surface area contributed by atoms with E-state index in [0.29, 0.717) is 12.4 Å². The molecule has 1 N–H and O–H groups in total. The summed E-state index contributed by atoms with van der Waals surface area (Å²) < 4.78 is 68.5. The molecule has 3 aromatic carbocycles. The molecule has 0 radical (unpaired) electrons. The highest BCUT2D eigenvalue weighted by atomic mass is 32.2. The van der Waals surface area contributed by atoms with Crippen molar-refractivity contribution in [1.82, 2.24) is 10.2 Å². The van der Waals surface area contributed by atoms with E-state index >= 15 is 0 Å². The number of hydrogen-bond donors (Lipinski definition) is 1. The highest BCUT2D eigenvalue weighted by Crippen LogP contribution is 2.34. The first-order chi connectivity index (χ1) is 20.6. The van der Waals surface area contributed by atoms with Gasteiger partial charge in [0, 0.05) is 24.2 Å². The molecule has 1 atom stereocenters. The molecule has 1 aliphatic heterocycles. The Morgan fingerprint density at radius 3 is 2.33 bits per heavy atom. The molecule has 0 bridgehead atoms. The van der Waals surface area contributed by atoms with E-state index in [9.17, 15) is 26.8 Å². The third kappa shape index (κ3) is 6.90. The van der Waals surface area contributed by atoms with Crippen molar-refractivity contribution in [3.63, 3.8) is 0 Å². The summed E-state index contributed by atoms with van der Waals surface area (Å²) in [5.41, 5.74) is 0.193. The number of nitrogens with one attached hydrogen (secondary N) is 1. The van der Waals surface area contributed by atoms with Gasteiger partial charge in [-0.05, 0) is 62.2 Å². The fourth-order valence-electron chi connectivity index (χ4n) is 5.23. The molecule has 43 heavy (non-hydrogen) atoms. The zero-order chi connectivity index (χ0) is 30.6. The summed E-state index contributed by atoms with van der Waals surface area (Å²) in [6.45, 7) is 1.08. The number of ether oxygens (including phenoxy) is 2. The van der Waals surface area contributed by atoms with Crippen LogP contribution in [0.1, 0.15) is 38.2 Å². The lowest BCUT2D eigenvalue weighted by Gasteiger charge is -2.32. The molecule has 0 aromatic heterocycles. The lowest BCUT2D eigenvalue weighted by atomic mass is 10.1. The van der Waals surface area contributed by atoms with Gasteiger partial charge in [0.1, 0.15) is 37.4 Å². The van der Waals surface area contributed by atoms with E-state index in [2.05, 4.69) is 5.32 Å². The van der Waals surface area contributed by atoms with Crippen LogP contribution in [-0.4, -0.2) is 57.0 Å². The molecule has 0 saturated heterocycles. The van der Waals surface area contributed by atoms with Crippen molar-refractivity contribution in [2.75, 3.05) is 24.1 Å². The predicted octanol–water partition coefficient (Wildman–Crippen LogP) is 4.41. The maximum Gasteiger partial charge on any atom is 0.264 e. The number of halogens is 2. The van der Waals surface area contributed by atoms with Crippen LogP contribution in [0.15, 0.2) is 71.6 Å². The SMILES string of the molecule is C[C@H](C(=O)NC1CCCC1)N(Cc1ccccc1F)C(=O)CN(c1ccc(F)cc1)S(=O)(=O)c1ccc2c(c1)OCCO2. The molecule has 12 heteroatoms. The maximum absolute atomic E-state index is 14.7. The number of amides is 2. The van der Waals surface area contributed by atoms with Crippen LogP contribution in [0.25, 0.3) is 0 Å². The van der Waals surface area contributed by atoms with Crippen LogP contribution in [0, 0.1) is 11.6 Å². The second-order valence-electron chi connectivity index (χ2n) is 10.6. The Morgan fingerprint density at radius 1 is 0.953 bits per heavy atom. The van der Waals surface area contributed by atoms with Gasteiger partial charge in [-0.25, -0.2) is 17.2 Å². The Kier molecular flexibility index (Phi) is 9.14. The number of benzene rings is 3. The van der Waals surface area contributed by atoms with Crippen LogP contribution >= 0.6 is 0 Å². The van der Waals surface area contributed by atoms with Crippen LogP contribution in [0.4, 0.5) is 14.5 Å². The summed E-state index contributed by atoms with van der Waals surface area (Å²) in [4.78, 5) is 28.3. The van der Waals surface area contributed by atoms with Crippen molar-refractivity contribution in [3.8, 4) is 11.5 Å². The van der Waals surface area contributed by atoms with Crippen molar-refractivity contribution in [1.29, 1.82) is 0 Å². The quantitative estimate of drug-likeness (QED) is 0.363. The van der Waals surface area contributed by atoms with Gasteiger partial charge >= 0.3 is 0 Å². The van der Waals surface area contributed by atoms with Crippen molar-refractivity contribution in [3.05, 3.63) is 83.9 Å². The minimum atomic E-state index is -4.42. The second-order valence-corrected chi connectivity index (χ2v) is 12.4. The summed E-state index contributed by atoms with van der Waals surface area (Å²) in [7, 11) is -4.42. The van der Waals surface area contributed by atoms with E-state index in [1.165, 1.54) is 60.4 Å². The Labute approximate surface area is 249 Å². The minimum absolute atomic E-state index is 0.0216. The first-order valence-corrected chi connectivity index (χ1v) is 15.6. The van der Waals surface area contributed by atoms with Crippen LogP contribution in [0.3, 0.4) is 0 Å². The largest absolute Gasteiger partial charge is 0.486 e. The number of hydrogen-bond acceptors (Lipinski definition) is 6. The third-order valence-corrected chi connectivity index (χ3v) is 9.43. The summed E-state index contributed by atoms with van der Waals surface area (Å²) in [5, 5.41) is 2.96. The normalized spacial score (nSPS) is 15.5. The molecule has 1 fully saturated rings. The average Bonchev–Trinajstić information content (AvgIpc) is 3.52. The summed E-state index contributed by atoms with van der Waals surface area (Å²) in [6.07, 6.45) is 3.63. The standard InChI is InChI=1S/C31H33F2N3O6S/c1-21(31(38)34-24-7-3-4-8-24)35(19-22-6-2-5-9-27(22)33)30(37)20-36(25-12-10-23(32)11-13-25)43(39,40)26-14-15-28-29(18-26)42-17-16-41-28/h2,5-6,9-15,18,21,24H,3-4,7-8,16-17,19-20H2,1H3,(H,34,38)/t21-/m1/s1. The van der Waals surface area contributed by atoms with Gasteiger partial charge in [0.05, 0.1) is 10.6 Å². The summed E-state index contributed by atoms with van der Waals surface area (Å²) in [6, 6.07) is 13.6. The Hall–Kier alpha value is -4.19. The van der Waals surface area contributed by atoms with E-state index in [1.54, 1.807) is 6.07 Å². The van der Waals surface area contributed by atoms with Crippen molar-refractivity contribution in [2.45, 2.75) is 56.1 Å². The van der Waals surface area contributed by atoms with E-state index in [4.69, 9.17) is 9.47 Å². The van der Waals surface area contributed by atoms with E-state index < -0.39 is 46.1 Å². The summed E-state index contributed by atoms with van der Waals surface area (Å²) >= 11 is 0. The van der Waals surface area contributed by atoms with Gasteiger partial charge in [-0.2, -0.15) is 0 Å². The highest BCUT2D eigenvalue weighted by Gasteiger charge is 2.34. The highest BCUT2D eigenvalue weighted by molar-refractivity contribution is 7.92. The van der Waals surface area contributed by atoms with Crippen LogP contribution in [0.5, 0.6) is 11.5 Å². The van der Waals surface area contributed by atoms with Crippen LogP contribution in [0.2, 0.25) is 0 Å². The molecule has 3 aromatic rings. The fourth-order valence-corrected chi connectivity index (χ4v) is 6.66. The van der Waals surface area contributed by atoms with Crippen LogP contribution < -0.4 is 19.1 Å². The molecule has 1 aliphatic carbocycles. The number of anilines is 1. The average molecular weight is 614 g/mol. The molecule has 1 heterocycles. The van der Waals surface area contributed by atoms with Gasteiger partial charge in [-0.1, -0.05) is 31.0 Å². The zero-order valence-electron chi connectivity index (χ0n) is 23.7. The molecule has 1 saturated carbocycles. The third-order valence-electron chi connectivity index (χ3n) is 7.66. The number of sulfonamides is 1. The molecule has 2 aliphatic rings. The number of rotatable bonds is 10. The molecule has 2 amide bonds. The number of carbonyl (C=O) groups excluding carboxylic acids is 2. The van der Waals surface area contributed by atoms with Crippen LogP contribution in [-0.2, 0) is 26.2 Å². The van der Waals surface area contributed by atoms with E-state index in [-0.39, 0.29) is 41.1 Å². The molecule has 0 spiro atoms. The first kappa shape index (κ1) is 30.3. The predicted molar refractivity (Wildman–Crippen MR) is 155 cm³/mol. The fraction of sp³-hybridized carbons (Fsp3) is 0.355. The Balaban J connectivity index is 1.49. The van der Waals surface area contributed by atoms with Crippen molar-refractivity contribution in [2.24, 2.45) is 0 Å². The Morgan fingerprint density at radius 2 is 1.63 bits per heavy atom. The minimum Gasteiger partial charge on any atom is -0.486 e. The molecular formula is C31H33F2N3O6S. The zero-order valence-corrected chi connectivity index (χ0v) is 24.5. The van der Waals surface area contributed by atoms with Gasteiger partial charge in [0.2, 0.25) is 11.8 Å². The lowest BCUT2D eigenvalue weighted by Crippen LogP contribution is -2.52. The number of carbonyl (C=O) groups is 2. The monoisotopic (exact) mass is 613 g/mol. The van der Waals surface area contributed by atoms with Gasteiger partial charge in [-0.15, -0.1) is 0 Å². The smallest absolute Gasteiger partial charge is 0.264 e. The van der Waals surface area contributed by atoms with Gasteiger partial charge < -0.3 is 19.7 Å². The lowest BCUT2D eigenvalue weighted by molar-refractivity contribution is -0.139. The van der Waals surface area contributed by atoms with E-state index in [1.807, 2.05) is 0 Å². The first-order valence-electron chi connectivity index (χ1n) is 14.1.